The Labute approximate surface area is 175 Å². The summed E-state index contributed by atoms with van der Waals surface area (Å²) in [6, 6.07) is 11.9. The normalized spacial score (nSPS) is 17.5. The molecule has 0 spiro atoms. The smallest absolute Gasteiger partial charge is 0.238 e. The van der Waals surface area contributed by atoms with Crippen LogP contribution in [0.25, 0.3) is 0 Å². The number of hydrogen-bond acceptors (Lipinski definition) is 6. The molecule has 3 N–H and O–H groups in total. The molecule has 9 heteroatoms. The van der Waals surface area contributed by atoms with E-state index in [9.17, 15) is 13.2 Å². The number of ether oxygens (including phenoxy) is 3. The van der Waals surface area contributed by atoms with Gasteiger partial charge in [-0.3, -0.25) is 4.79 Å². The van der Waals surface area contributed by atoms with Crippen LogP contribution in [0.1, 0.15) is 24.0 Å². The van der Waals surface area contributed by atoms with Crippen molar-refractivity contribution in [1.29, 1.82) is 0 Å². The van der Waals surface area contributed by atoms with Gasteiger partial charge < -0.3 is 19.5 Å². The van der Waals surface area contributed by atoms with Gasteiger partial charge in [0.05, 0.1) is 11.3 Å². The number of rotatable bonds is 6. The molecule has 0 aliphatic carbocycles. The van der Waals surface area contributed by atoms with Crippen molar-refractivity contribution in [3.8, 4) is 11.5 Å². The molecular formula is C21H24N2O6S. The largest absolute Gasteiger partial charge is 0.454 e. The predicted molar refractivity (Wildman–Crippen MR) is 109 cm³/mol. The first-order valence-electron chi connectivity index (χ1n) is 9.72. The Morgan fingerprint density at radius 1 is 1.03 bits per heavy atom. The third-order valence-electron chi connectivity index (χ3n) is 5.68. The van der Waals surface area contributed by atoms with Crippen LogP contribution in [0.5, 0.6) is 11.5 Å². The molecule has 0 aromatic heterocycles. The summed E-state index contributed by atoms with van der Waals surface area (Å²) in [5, 5.41) is 8.15. The number of carbonyl (C=O) groups is 1. The molecule has 4 rings (SSSR count). The van der Waals surface area contributed by atoms with Crippen LogP contribution in [0.3, 0.4) is 0 Å². The molecule has 0 atom stereocenters. The Morgan fingerprint density at radius 3 is 2.43 bits per heavy atom. The summed E-state index contributed by atoms with van der Waals surface area (Å²) in [5.41, 5.74) is 1.56. The van der Waals surface area contributed by atoms with Gasteiger partial charge in [-0.05, 0) is 48.2 Å². The van der Waals surface area contributed by atoms with Crippen LogP contribution in [0, 0.1) is 0 Å². The number of amides is 1. The zero-order valence-corrected chi connectivity index (χ0v) is 17.2. The maximum Gasteiger partial charge on any atom is 0.238 e. The molecule has 0 bridgehead atoms. The third kappa shape index (κ3) is 4.43. The van der Waals surface area contributed by atoms with E-state index in [1.54, 1.807) is 12.1 Å². The zero-order valence-electron chi connectivity index (χ0n) is 16.4. The first kappa shape index (κ1) is 20.6. The summed E-state index contributed by atoms with van der Waals surface area (Å²) in [5.74, 6) is 1.32. The topological polar surface area (TPSA) is 117 Å². The lowest BCUT2D eigenvalue weighted by Gasteiger charge is -2.38. The fourth-order valence-electron chi connectivity index (χ4n) is 3.87. The van der Waals surface area contributed by atoms with Gasteiger partial charge in [0.25, 0.3) is 0 Å². The third-order valence-corrected chi connectivity index (χ3v) is 6.60. The van der Waals surface area contributed by atoms with Gasteiger partial charge >= 0.3 is 0 Å². The SMILES string of the molecule is NS(=O)(=O)c1ccc(CC(=O)NCC2(c3ccc4c(c3)OCO4)CCOCC2)cc1. The Bertz CT molecular complexity index is 1030. The van der Waals surface area contributed by atoms with Gasteiger partial charge in [0, 0.05) is 25.2 Å². The highest BCUT2D eigenvalue weighted by atomic mass is 32.2. The summed E-state index contributed by atoms with van der Waals surface area (Å²) >= 11 is 0. The minimum absolute atomic E-state index is 0.0237. The lowest BCUT2D eigenvalue weighted by atomic mass is 9.74. The fraction of sp³-hybridized carbons (Fsp3) is 0.381. The molecule has 1 saturated heterocycles. The summed E-state index contributed by atoms with van der Waals surface area (Å²) < 4.78 is 39.2. The number of benzene rings is 2. The summed E-state index contributed by atoms with van der Waals surface area (Å²) in [6.45, 7) is 1.94. The van der Waals surface area contributed by atoms with Crippen molar-refractivity contribution in [2.75, 3.05) is 26.6 Å². The second kappa shape index (κ2) is 8.25. The van der Waals surface area contributed by atoms with Gasteiger partial charge in [-0.2, -0.15) is 0 Å². The van der Waals surface area contributed by atoms with Crippen LogP contribution in [0.15, 0.2) is 47.4 Å². The van der Waals surface area contributed by atoms with Crippen molar-refractivity contribution < 1.29 is 27.4 Å². The first-order chi connectivity index (χ1) is 14.4. The standard InChI is InChI=1S/C21H24N2O6S/c22-30(25,26)17-4-1-15(2-5-17)11-20(24)23-13-21(7-9-27-10-8-21)16-3-6-18-19(12-16)29-14-28-18/h1-6,12H,7-11,13-14H2,(H,23,24)(H2,22,25,26). The molecule has 1 fully saturated rings. The van der Waals surface area contributed by atoms with E-state index in [-0.39, 0.29) is 29.4 Å². The van der Waals surface area contributed by atoms with Crippen LogP contribution >= 0.6 is 0 Å². The maximum atomic E-state index is 12.6. The van der Waals surface area contributed by atoms with E-state index in [1.165, 1.54) is 12.1 Å². The number of nitrogens with one attached hydrogen (secondary N) is 1. The molecular weight excluding hydrogens is 408 g/mol. The Kier molecular flexibility index (Phi) is 5.68. The second-order valence-electron chi connectivity index (χ2n) is 7.60. The van der Waals surface area contributed by atoms with Gasteiger partial charge in [-0.1, -0.05) is 18.2 Å². The van der Waals surface area contributed by atoms with Crippen LogP contribution in [-0.4, -0.2) is 40.9 Å². The Morgan fingerprint density at radius 2 is 1.73 bits per heavy atom. The van der Waals surface area contributed by atoms with E-state index < -0.39 is 10.0 Å². The molecule has 160 valence electrons. The summed E-state index contributed by atoms with van der Waals surface area (Å²) in [6.07, 6.45) is 1.73. The van der Waals surface area contributed by atoms with E-state index in [1.807, 2.05) is 18.2 Å². The number of sulfonamides is 1. The number of carbonyl (C=O) groups excluding carboxylic acids is 1. The highest BCUT2D eigenvalue weighted by Gasteiger charge is 2.36. The van der Waals surface area contributed by atoms with E-state index in [0.29, 0.717) is 25.3 Å². The number of nitrogens with two attached hydrogens (primary N) is 1. The summed E-state index contributed by atoms with van der Waals surface area (Å²) in [7, 11) is -3.75. The van der Waals surface area contributed by atoms with Crippen LogP contribution in [0.2, 0.25) is 0 Å². The first-order valence-corrected chi connectivity index (χ1v) is 11.3. The molecule has 2 aliphatic rings. The molecule has 0 unspecified atom stereocenters. The van der Waals surface area contributed by atoms with Crippen LogP contribution in [0.4, 0.5) is 0 Å². The molecule has 2 aromatic rings. The van der Waals surface area contributed by atoms with Crippen LogP contribution < -0.4 is 19.9 Å². The molecule has 2 aromatic carbocycles. The maximum absolute atomic E-state index is 12.6. The van der Waals surface area contributed by atoms with E-state index in [0.717, 1.165) is 29.9 Å². The van der Waals surface area contributed by atoms with Crippen LogP contribution in [-0.2, 0) is 31.4 Å². The van der Waals surface area contributed by atoms with Crippen molar-refractivity contribution >= 4 is 15.9 Å². The molecule has 0 radical (unpaired) electrons. The quantitative estimate of drug-likeness (QED) is 0.714. The second-order valence-corrected chi connectivity index (χ2v) is 9.16. The van der Waals surface area contributed by atoms with Crippen molar-refractivity contribution in [3.05, 3.63) is 53.6 Å². The molecule has 0 saturated carbocycles. The van der Waals surface area contributed by atoms with Gasteiger partial charge in [0.1, 0.15) is 0 Å². The summed E-state index contributed by atoms with van der Waals surface area (Å²) in [4.78, 5) is 12.6. The predicted octanol–water partition coefficient (Wildman–Crippen LogP) is 1.47. The Balaban J connectivity index is 1.44. The van der Waals surface area contributed by atoms with Crippen molar-refractivity contribution in [3.63, 3.8) is 0 Å². The minimum Gasteiger partial charge on any atom is -0.454 e. The molecule has 2 heterocycles. The highest BCUT2D eigenvalue weighted by molar-refractivity contribution is 7.89. The van der Waals surface area contributed by atoms with E-state index in [2.05, 4.69) is 5.32 Å². The number of hydrogen-bond donors (Lipinski definition) is 2. The van der Waals surface area contributed by atoms with Crippen molar-refractivity contribution in [2.45, 2.75) is 29.6 Å². The average molecular weight is 432 g/mol. The fourth-order valence-corrected chi connectivity index (χ4v) is 4.38. The van der Waals surface area contributed by atoms with Gasteiger partial charge in [-0.15, -0.1) is 0 Å². The highest BCUT2D eigenvalue weighted by Crippen LogP contribution is 2.40. The van der Waals surface area contributed by atoms with E-state index in [4.69, 9.17) is 19.3 Å². The molecule has 8 nitrogen and oxygen atoms in total. The monoisotopic (exact) mass is 432 g/mol. The number of primary sulfonamides is 1. The molecule has 30 heavy (non-hydrogen) atoms. The molecule has 2 aliphatic heterocycles. The minimum atomic E-state index is -3.75. The lowest BCUT2D eigenvalue weighted by molar-refractivity contribution is -0.120. The molecule has 1 amide bonds. The lowest BCUT2D eigenvalue weighted by Crippen LogP contribution is -2.45. The van der Waals surface area contributed by atoms with Crippen molar-refractivity contribution in [2.24, 2.45) is 5.14 Å². The van der Waals surface area contributed by atoms with Crippen molar-refractivity contribution in [1.82, 2.24) is 5.32 Å². The average Bonchev–Trinajstić information content (AvgIpc) is 3.21. The van der Waals surface area contributed by atoms with Gasteiger partial charge in [0.2, 0.25) is 22.7 Å². The van der Waals surface area contributed by atoms with Gasteiger partial charge in [-0.25, -0.2) is 13.6 Å². The number of fused-ring (bicyclic) bond motifs is 1. The van der Waals surface area contributed by atoms with E-state index >= 15 is 0 Å². The Hall–Kier alpha value is -2.62. The zero-order chi connectivity index (χ0) is 21.2. The van der Waals surface area contributed by atoms with Gasteiger partial charge in [0.15, 0.2) is 11.5 Å².